The van der Waals surface area contributed by atoms with Crippen molar-refractivity contribution in [3.63, 3.8) is 0 Å². The minimum Gasteiger partial charge on any atom is -0.309 e. The fraction of sp³-hybridized carbons (Fsp3) is 0.273. The highest BCUT2D eigenvalue weighted by molar-refractivity contribution is 7.98. The maximum Gasteiger partial charge on any atom is 0.275 e. The zero-order valence-electron chi connectivity index (χ0n) is 10.4. The summed E-state index contributed by atoms with van der Waals surface area (Å²) in [5, 5.41) is 4.78. The van der Waals surface area contributed by atoms with Crippen molar-refractivity contribution < 1.29 is 0 Å². The molecule has 0 amide bonds. The Bertz CT molecular complexity index is 774. The van der Waals surface area contributed by atoms with Crippen LogP contribution in [0.3, 0.4) is 0 Å². The maximum atomic E-state index is 11.9. The van der Waals surface area contributed by atoms with Gasteiger partial charge < -0.3 is 4.57 Å². The molecule has 0 atom stereocenters. The van der Waals surface area contributed by atoms with Crippen molar-refractivity contribution >= 4 is 28.9 Å². The van der Waals surface area contributed by atoms with E-state index in [0.717, 1.165) is 10.6 Å². The van der Waals surface area contributed by atoms with Crippen LogP contribution < -0.4 is 5.56 Å². The van der Waals surface area contributed by atoms with E-state index in [4.69, 9.17) is 0 Å². The smallest absolute Gasteiger partial charge is 0.275 e. The van der Waals surface area contributed by atoms with Crippen LogP contribution in [-0.4, -0.2) is 30.4 Å². The van der Waals surface area contributed by atoms with Gasteiger partial charge in [0.05, 0.1) is 12.1 Å². The highest BCUT2D eigenvalue weighted by atomic mass is 32.2. The molecule has 0 unspecified atom stereocenters. The first-order chi connectivity index (χ1) is 9.19. The summed E-state index contributed by atoms with van der Waals surface area (Å²) in [6.07, 6.45) is 3.71. The zero-order chi connectivity index (χ0) is 13.4. The van der Waals surface area contributed by atoms with E-state index in [0.29, 0.717) is 17.5 Å². The highest BCUT2D eigenvalue weighted by Crippen LogP contribution is 2.14. The molecule has 6 nitrogen and oxygen atoms in total. The molecule has 3 heterocycles. The number of nitrogens with zero attached hydrogens (tertiary/aromatic N) is 5. The number of thiazole rings is 1. The lowest BCUT2D eigenvalue weighted by molar-refractivity contribution is 0.735. The van der Waals surface area contributed by atoms with E-state index >= 15 is 0 Å². The molecule has 0 saturated carbocycles. The molecule has 0 spiro atoms. The molecule has 0 aliphatic carbocycles. The molecule has 0 aliphatic heterocycles. The Morgan fingerprint density at radius 3 is 3.00 bits per heavy atom. The summed E-state index contributed by atoms with van der Waals surface area (Å²) in [7, 11) is 0. The van der Waals surface area contributed by atoms with Gasteiger partial charge in [0, 0.05) is 22.8 Å². The first-order valence-electron chi connectivity index (χ1n) is 5.57. The van der Waals surface area contributed by atoms with Crippen LogP contribution in [0, 0.1) is 6.92 Å². The lowest BCUT2D eigenvalue weighted by atomic mass is 10.4. The summed E-state index contributed by atoms with van der Waals surface area (Å²) >= 11 is 3.00. The number of thioether (sulfide) groups is 1. The molecule has 3 aromatic heterocycles. The second kappa shape index (κ2) is 4.78. The third-order valence-corrected chi connectivity index (χ3v) is 4.06. The van der Waals surface area contributed by atoms with E-state index in [2.05, 4.69) is 15.1 Å². The molecule has 0 aromatic carbocycles. The summed E-state index contributed by atoms with van der Waals surface area (Å²) in [4.78, 5) is 21.5. The predicted octanol–water partition coefficient (Wildman–Crippen LogP) is 1.43. The maximum absolute atomic E-state index is 11.9. The lowest BCUT2D eigenvalue weighted by Gasteiger charge is -2.09. The fourth-order valence-corrected chi connectivity index (χ4v) is 2.76. The van der Waals surface area contributed by atoms with Gasteiger partial charge in [0.15, 0.2) is 0 Å². The van der Waals surface area contributed by atoms with Gasteiger partial charge >= 0.3 is 0 Å². The van der Waals surface area contributed by atoms with Crippen LogP contribution >= 0.6 is 23.1 Å². The van der Waals surface area contributed by atoms with E-state index in [1.165, 1.54) is 16.3 Å². The SMILES string of the molecule is CSc1nc2n(Cc3cncs3)c(C)cc(=O)n2n1. The summed E-state index contributed by atoms with van der Waals surface area (Å²) in [5.74, 6) is 0.572. The Morgan fingerprint density at radius 2 is 2.32 bits per heavy atom. The molecule has 8 heteroatoms. The molecular weight excluding hydrogens is 282 g/mol. The summed E-state index contributed by atoms with van der Waals surface area (Å²) < 4.78 is 3.32. The number of rotatable bonds is 3. The largest absolute Gasteiger partial charge is 0.309 e. The summed E-state index contributed by atoms with van der Waals surface area (Å²) in [5.41, 5.74) is 2.51. The fourth-order valence-electron chi connectivity index (χ4n) is 1.84. The highest BCUT2D eigenvalue weighted by Gasteiger charge is 2.12. The Balaban J connectivity index is 2.22. The molecule has 3 rings (SSSR count). The van der Waals surface area contributed by atoms with Crippen LogP contribution in [0.4, 0.5) is 0 Å². The van der Waals surface area contributed by atoms with Gasteiger partial charge in [-0.3, -0.25) is 9.78 Å². The van der Waals surface area contributed by atoms with Crippen LogP contribution in [0.25, 0.3) is 5.78 Å². The van der Waals surface area contributed by atoms with Crippen molar-refractivity contribution in [1.82, 2.24) is 24.1 Å². The van der Waals surface area contributed by atoms with Crippen molar-refractivity contribution in [2.75, 3.05) is 6.26 Å². The van der Waals surface area contributed by atoms with Gasteiger partial charge in [-0.05, 0) is 13.2 Å². The molecule has 19 heavy (non-hydrogen) atoms. The van der Waals surface area contributed by atoms with Gasteiger partial charge in [-0.1, -0.05) is 11.8 Å². The van der Waals surface area contributed by atoms with Crippen molar-refractivity contribution in [2.45, 2.75) is 18.6 Å². The Labute approximate surface area is 117 Å². The minimum atomic E-state index is -0.152. The summed E-state index contributed by atoms with van der Waals surface area (Å²) in [6, 6.07) is 1.58. The number of aryl methyl sites for hydroxylation is 1. The van der Waals surface area contributed by atoms with Gasteiger partial charge in [0.2, 0.25) is 10.9 Å². The molecular formula is C11H11N5OS2. The molecule has 3 aromatic rings. The number of hydrogen-bond donors (Lipinski definition) is 0. The number of hydrogen-bond acceptors (Lipinski definition) is 6. The van der Waals surface area contributed by atoms with Crippen molar-refractivity contribution in [3.05, 3.63) is 38.7 Å². The minimum absolute atomic E-state index is 0.152. The van der Waals surface area contributed by atoms with Crippen molar-refractivity contribution in [3.8, 4) is 0 Å². The number of aromatic nitrogens is 5. The third-order valence-electron chi connectivity index (χ3n) is 2.76. The molecule has 0 aliphatic rings. The number of fused-ring (bicyclic) bond motifs is 1. The van der Waals surface area contributed by atoms with Gasteiger partial charge in [-0.2, -0.15) is 9.50 Å². The first kappa shape index (κ1) is 12.4. The average Bonchev–Trinajstić information content (AvgIpc) is 3.03. The molecule has 0 bridgehead atoms. The first-order valence-corrected chi connectivity index (χ1v) is 7.68. The molecule has 0 N–H and O–H groups in total. The second-order valence-corrected chi connectivity index (χ2v) is 5.73. The van der Waals surface area contributed by atoms with E-state index in [9.17, 15) is 4.79 Å². The quantitative estimate of drug-likeness (QED) is 0.683. The van der Waals surface area contributed by atoms with Crippen molar-refractivity contribution in [2.24, 2.45) is 0 Å². The normalized spacial score (nSPS) is 11.3. The molecule has 0 radical (unpaired) electrons. The van der Waals surface area contributed by atoms with Crippen LogP contribution in [0.5, 0.6) is 0 Å². The molecule has 0 saturated heterocycles. The molecule has 98 valence electrons. The van der Waals surface area contributed by atoms with E-state index in [1.54, 1.807) is 22.9 Å². The van der Waals surface area contributed by atoms with Crippen LogP contribution in [0.15, 0.2) is 27.7 Å². The van der Waals surface area contributed by atoms with Gasteiger partial charge in [0.1, 0.15) is 0 Å². The standard InChI is InChI=1S/C11H11N5OS2/c1-7-3-9(17)16-11(13-10(14-16)18-2)15(7)5-8-4-12-6-19-8/h3-4,6H,5H2,1-2H3. The Kier molecular flexibility index (Phi) is 3.11. The molecule has 0 fully saturated rings. The zero-order valence-corrected chi connectivity index (χ0v) is 12.0. The monoisotopic (exact) mass is 293 g/mol. The topological polar surface area (TPSA) is 65.1 Å². The van der Waals surface area contributed by atoms with Gasteiger partial charge in [0.25, 0.3) is 5.56 Å². The third kappa shape index (κ3) is 2.17. The van der Waals surface area contributed by atoms with Crippen LogP contribution in [0.2, 0.25) is 0 Å². The Hall–Kier alpha value is -1.67. The summed E-state index contributed by atoms with van der Waals surface area (Å²) in [6.45, 7) is 2.54. The average molecular weight is 293 g/mol. The van der Waals surface area contributed by atoms with E-state index in [-0.39, 0.29) is 5.56 Å². The van der Waals surface area contributed by atoms with Gasteiger partial charge in [-0.25, -0.2) is 0 Å². The lowest BCUT2D eigenvalue weighted by Crippen LogP contribution is -2.20. The van der Waals surface area contributed by atoms with Crippen molar-refractivity contribution in [1.29, 1.82) is 0 Å². The van der Waals surface area contributed by atoms with E-state index < -0.39 is 0 Å². The Morgan fingerprint density at radius 1 is 1.47 bits per heavy atom. The van der Waals surface area contributed by atoms with Crippen LogP contribution in [0.1, 0.15) is 10.6 Å². The second-order valence-electron chi connectivity index (χ2n) is 3.99. The van der Waals surface area contributed by atoms with E-state index in [1.807, 2.05) is 23.9 Å². The predicted molar refractivity (Wildman–Crippen MR) is 75.0 cm³/mol. The van der Waals surface area contributed by atoms with Gasteiger partial charge in [-0.15, -0.1) is 16.4 Å². The van der Waals surface area contributed by atoms with Crippen LogP contribution in [-0.2, 0) is 6.54 Å².